The number of hydrogen-bond acceptors (Lipinski definition) is 2. The smallest absolute Gasteiger partial charge is 0.123 e. The van der Waals surface area contributed by atoms with Crippen LogP contribution in [0.1, 0.15) is 22.9 Å². The second-order valence-corrected chi connectivity index (χ2v) is 4.87. The molecule has 1 unspecified atom stereocenters. The van der Waals surface area contributed by atoms with Crippen molar-refractivity contribution in [2.75, 3.05) is 0 Å². The molecule has 2 nitrogen and oxygen atoms in total. The molecule has 1 aromatic heterocycles. The van der Waals surface area contributed by atoms with Gasteiger partial charge in [-0.2, -0.15) is 0 Å². The highest BCUT2D eigenvalue weighted by Gasteiger charge is 2.14. The lowest BCUT2D eigenvalue weighted by atomic mass is 10.0. The molecule has 2 aromatic rings. The molecule has 0 radical (unpaired) electrons. The van der Waals surface area contributed by atoms with Crippen molar-refractivity contribution < 1.29 is 8.81 Å². The number of hydrogen-bond donors (Lipinski definition) is 1. The van der Waals surface area contributed by atoms with E-state index in [1.807, 2.05) is 13.0 Å². The van der Waals surface area contributed by atoms with Gasteiger partial charge in [0, 0.05) is 4.47 Å². The third kappa shape index (κ3) is 2.76. The Labute approximate surface area is 108 Å². The first-order valence-corrected chi connectivity index (χ1v) is 6.10. The largest absolute Gasteiger partial charge is 0.467 e. The molecule has 17 heavy (non-hydrogen) atoms. The molecule has 0 fully saturated rings. The van der Waals surface area contributed by atoms with Crippen molar-refractivity contribution in [1.82, 2.24) is 0 Å². The molecule has 2 N–H and O–H groups in total. The normalized spacial score (nSPS) is 12.7. The van der Waals surface area contributed by atoms with Gasteiger partial charge in [-0.25, -0.2) is 4.39 Å². The van der Waals surface area contributed by atoms with Crippen molar-refractivity contribution >= 4 is 15.9 Å². The van der Waals surface area contributed by atoms with Gasteiger partial charge in [0.1, 0.15) is 11.6 Å². The van der Waals surface area contributed by atoms with Crippen molar-refractivity contribution in [3.63, 3.8) is 0 Å². The van der Waals surface area contributed by atoms with Crippen molar-refractivity contribution in [2.45, 2.75) is 19.4 Å². The Morgan fingerprint density at radius 2 is 2.18 bits per heavy atom. The number of nitrogens with two attached hydrogens (primary N) is 1. The van der Waals surface area contributed by atoms with Gasteiger partial charge in [-0.3, -0.25) is 0 Å². The Bertz CT molecular complexity index is 524. The first kappa shape index (κ1) is 12.3. The van der Waals surface area contributed by atoms with E-state index in [0.717, 1.165) is 21.4 Å². The molecule has 0 spiro atoms. The van der Waals surface area contributed by atoms with Gasteiger partial charge >= 0.3 is 0 Å². The SMILES string of the molecule is Cc1ccoc1C(N)Cc1cc(F)ccc1Br. The molecule has 1 aromatic carbocycles. The van der Waals surface area contributed by atoms with Crippen LogP contribution in [0.2, 0.25) is 0 Å². The molecule has 0 bridgehead atoms. The first-order valence-electron chi connectivity index (χ1n) is 5.31. The molecule has 0 aliphatic rings. The molecule has 0 saturated carbocycles. The fourth-order valence-electron chi connectivity index (χ4n) is 1.79. The second kappa shape index (κ2) is 5.02. The van der Waals surface area contributed by atoms with Crippen LogP contribution in [0.4, 0.5) is 4.39 Å². The van der Waals surface area contributed by atoms with Crippen LogP contribution < -0.4 is 5.73 Å². The number of rotatable bonds is 3. The van der Waals surface area contributed by atoms with Crippen LogP contribution in [0.15, 0.2) is 39.4 Å². The standard InChI is InChI=1S/C13H13BrFNO/c1-8-4-5-17-13(8)12(16)7-9-6-10(15)2-3-11(9)14/h2-6,12H,7,16H2,1H3. The summed E-state index contributed by atoms with van der Waals surface area (Å²) in [5, 5.41) is 0. The predicted octanol–water partition coefficient (Wildman–Crippen LogP) is 3.73. The quantitative estimate of drug-likeness (QED) is 0.937. The lowest BCUT2D eigenvalue weighted by molar-refractivity contribution is 0.461. The molecule has 0 aliphatic carbocycles. The van der Waals surface area contributed by atoms with E-state index in [4.69, 9.17) is 10.2 Å². The maximum absolute atomic E-state index is 13.1. The van der Waals surface area contributed by atoms with Crippen LogP contribution in [-0.2, 0) is 6.42 Å². The fourth-order valence-corrected chi connectivity index (χ4v) is 2.20. The van der Waals surface area contributed by atoms with E-state index in [2.05, 4.69) is 15.9 Å². The van der Waals surface area contributed by atoms with Gasteiger partial charge in [0.05, 0.1) is 12.3 Å². The molecule has 4 heteroatoms. The van der Waals surface area contributed by atoms with Gasteiger partial charge in [-0.05, 0) is 48.7 Å². The minimum Gasteiger partial charge on any atom is -0.467 e. The van der Waals surface area contributed by atoms with Gasteiger partial charge < -0.3 is 10.2 Å². The van der Waals surface area contributed by atoms with Gasteiger partial charge in [-0.15, -0.1) is 0 Å². The van der Waals surface area contributed by atoms with E-state index < -0.39 is 0 Å². The molecular formula is C13H13BrFNO. The molecule has 90 valence electrons. The van der Waals surface area contributed by atoms with E-state index in [1.165, 1.54) is 12.1 Å². The van der Waals surface area contributed by atoms with Crippen LogP contribution in [0.5, 0.6) is 0 Å². The summed E-state index contributed by atoms with van der Waals surface area (Å²) in [6.45, 7) is 1.94. The Kier molecular flexibility index (Phi) is 3.64. The molecule has 1 atom stereocenters. The topological polar surface area (TPSA) is 39.2 Å². The lowest BCUT2D eigenvalue weighted by Crippen LogP contribution is -2.14. The summed E-state index contributed by atoms with van der Waals surface area (Å²) in [5.74, 6) is 0.493. The minimum absolute atomic E-state index is 0.258. The monoisotopic (exact) mass is 297 g/mol. The first-order chi connectivity index (χ1) is 8.08. The van der Waals surface area contributed by atoms with E-state index in [-0.39, 0.29) is 11.9 Å². The van der Waals surface area contributed by atoms with E-state index in [0.29, 0.717) is 6.42 Å². The Balaban J connectivity index is 2.21. The van der Waals surface area contributed by atoms with Gasteiger partial charge in [0.2, 0.25) is 0 Å². The van der Waals surface area contributed by atoms with Gasteiger partial charge in [-0.1, -0.05) is 15.9 Å². The zero-order valence-corrected chi connectivity index (χ0v) is 11.0. The molecule has 0 aliphatic heterocycles. The fraction of sp³-hybridized carbons (Fsp3) is 0.231. The summed E-state index contributed by atoms with van der Waals surface area (Å²) < 4.78 is 19.3. The Morgan fingerprint density at radius 1 is 1.41 bits per heavy atom. The third-order valence-electron chi connectivity index (χ3n) is 2.69. The number of benzene rings is 1. The van der Waals surface area contributed by atoms with Crippen LogP contribution in [0, 0.1) is 12.7 Å². The number of halogens is 2. The summed E-state index contributed by atoms with van der Waals surface area (Å²) in [5.41, 5.74) is 7.91. The molecule has 1 heterocycles. The van der Waals surface area contributed by atoms with Crippen LogP contribution in [-0.4, -0.2) is 0 Å². The van der Waals surface area contributed by atoms with Gasteiger partial charge in [0.15, 0.2) is 0 Å². The van der Waals surface area contributed by atoms with Crippen molar-refractivity contribution in [1.29, 1.82) is 0 Å². The summed E-state index contributed by atoms with van der Waals surface area (Å²) in [4.78, 5) is 0. The molecule has 0 saturated heterocycles. The molecule has 0 amide bonds. The van der Waals surface area contributed by atoms with Crippen LogP contribution in [0.3, 0.4) is 0 Å². The van der Waals surface area contributed by atoms with Gasteiger partial charge in [0.25, 0.3) is 0 Å². The van der Waals surface area contributed by atoms with E-state index >= 15 is 0 Å². The maximum atomic E-state index is 13.1. The van der Waals surface area contributed by atoms with E-state index in [9.17, 15) is 4.39 Å². The number of aryl methyl sites for hydroxylation is 1. The minimum atomic E-state index is -0.261. The van der Waals surface area contributed by atoms with Crippen molar-refractivity contribution in [3.8, 4) is 0 Å². The van der Waals surface area contributed by atoms with Crippen LogP contribution in [0.25, 0.3) is 0 Å². The summed E-state index contributed by atoms with van der Waals surface area (Å²) >= 11 is 3.39. The van der Waals surface area contributed by atoms with E-state index in [1.54, 1.807) is 12.3 Å². The molecule has 2 rings (SSSR count). The summed E-state index contributed by atoms with van der Waals surface area (Å²) in [6.07, 6.45) is 2.15. The highest BCUT2D eigenvalue weighted by molar-refractivity contribution is 9.10. The lowest BCUT2D eigenvalue weighted by Gasteiger charge is -2.11. The number of furan rings is 1. The van der Waals surface area contributed by atoms with Crippen LogP contribution >= 0.6 is 15.9 Å². The van der Waals surface area contributed by atoms with Crippen molar-refractivity contribution in [3.05, 3.63) is 57.7 Å². The second-order valence-electron chi connectivity index (χ2n) is 4.01. The average molecular weight is 298 g/mol. The predicted molar refractivity (Wildman–Crippen MR) is 68.2 cm³/mol. The molecular weight excluding hydrogens is 285 g/mol. The zero-order chi connectivity index (χ0) is 12.4. The summed E-state index contributed by atoms with van der Waals surface area (Å²) in [6, 6.07) is 6.20. The average Bonchev–Trinajstić information content (AvgIpc) is 2.70. The highest BCUT2D eigenvalue weighted by Crippen LogP contribution is 2.25. The zero-order valence-electron chi connectivity index (χ0n) is 9.41. The maximum Gasteiger partial charge on any atom is 0.123 e. The summed E-state index contributed by atoms with van der Waals surface area (Å²) in [7, 11) is 0. The Hall–Kier alpha value is -1.13. The third-order valence-corrected chi connectivity index (χ3v) is 3.46. The Morgan fingerprint density at radius 3 is 2.82 bits per heavy atom. The highest BCUT2D eigenvalue weighted by atomic mass is 79.9. The van der Waals surface area contributed by atoms with Crippen molar-refractivity contribution in [2.24, 2.45) is 5.73 Å².